The monoisotopic (exact) mass is 266 g/mol. The highest BCUT2D eigenvalue weighted by Gasteiger charge is 2.36. The van der Waals surface area contributed by atoms with Gasteiger partial charge in [0.1, 0.15) is 0 Å². The predicted octanol–water partition coefficient (Wildman–Crippen LogP) is 4.76. The van der Waals surface area contributed by atoms with Crippen molar-refractivity contribution in [2.24, 2.45) is 11.8 Å². The van der Waals surface area contributed by atoms with Gasteiger partial charge in [0.05, 0.1) is 5.60 Å². The van der Waals surface area contributed by atoms with Crippen LogP contribution in [-0.2, 0) is 5.60 Å². The molecule has 0 heterocycles. The molecule has 1 aliphatic carbocycles. The zero-order chi connectivity index (χ0) is 13.2. The molecule has 3 atom stereocenters. The van der Waals surface area contributed by atoms with Gasteiger partial charge in [0.15, 0.2) is 0 Å². The molecule has 18 heavy (non-hydrogen) atoms. The molecule has 1 saturated carbocycles. The fourth-order valence-electron chi connectivity index (χ4n) is 3.20. The van der Waals surface area contributed by atoms with E-state index >= 15 is 0 Å². The van der Waals surface area contributed by atoms with Crippen molar-refractivity contribution < 1.29 is 5.11 Å². The number of hydrogen-bond acceptors (Lipinski definition) is 1. The standard InChI is InChI=1S/C16H23ClO/c1-3-12-5-4-6-14(11-12)16(2,18)13-7-9-15(17)10-8-13/h7-10,12,14,18H,3-6,11H2,1-2H3. The van der Waals surface area contributed by atoms with Crippen molar-refractivity contribution in [2.45, 2.75) is 51.6 Å². The summed E-state index contributed by atoms with van der Waals surface area (Å²) in [5, 5.41) is 11.6. The fraction of sp³-hybridized carbons (Fsp3) is 0.625. The summed E-state index contributed by atoms with van der Waals surface area (Å²) in [6.45, 7) is 4.21. The second-order valence-electron chi connectivity index (χ2n) is 5.79. The van der Waals surface area contributed by atoms with Crippen LogP contribution in [0.3, 0.4) is 0 Å². The van der Waals surface area contributed by atoms with Crippen molar-refractivity contribution in [3.63, 3.8) is 0 Å². The second-order valence-corrected chi connectivity index (χ2v) is 6.23. The molecule has 1 aromatic rings. The third-order valence-corrected chi connectivity index (χ3v) is 4.84. The third kappa shape index (κ3) is 2.89. The van der Waals surface area contributed by atoms with E-state index in [1.807, 2.05) is 31.2 Å². The lowest BCUT2D eigenvalue weighted by molar-refractivity contribution is -0.0311. The van der Waals surface area contributed by atoms with Gasteiger partial charge in [-0.25, -0.2) is 0 Å². The summed E-state index contributed by atoms with van der Waals surface area (Å²) in [7, 11) is 0. The Kier molecular flexibility index (Phi) is 4.34. The van der Waals surface area contributed by atoms with Crippen molar-refractivity contribution in [1.82, 2.24) is 0 Å². The van der Waals surface area contributed by atoms with Crippen molar-refractivity contribution in [1.29, 1.82) is 0 Å². The van der Waals surface area contributed by atoms with Gasteiger partial charge in [-0.05, 0) is 49.3 Å². The summed E-state index contributed by atoms with van der Waals surface area (Å²) in [5.41, 5.74) is 0.270. The maximum absolute atomic E-state index is 10.9. The summed E-state index contributed by atoms with van der Waals surface area (Å²) in [6.07, 6.45) is 6.07. The van der Waals surface area contributed by atoms with E-state index in [1.54, 1.807) is 0 Å². The Bertz CT molecular complexity index is 383. The van der Waals surface area contributed by atoms with Crippen molar-refractivity contribution >= 4 is 11.6 Å². The number of rotatable bonds is 3. The Hall–Kier alpha value is -0.530. The molecule has 0 amide bonds. The highest BCUT2D eigenvalue weighted by molar-refractivity contribution is 6.30. The molecule has 1 aliphatic rings. The van der Waals surface area contributed by atoms with Crippen LogP contribution in [0.4, 0.5) is 0 Å². The molecule has 1 nitrogen and oxygen atoms in total. The van der Waals surface area contributed by atoms with Crippen LogP contribution in [-0.4, -0.2) is 5.11 Å². The van der Waals surface area contributed by atoms with Crippen LogP contribution < -0.4 is 0 Å². The molecular formula is C16H23ClO. The first-order valence-corrected chi connectivity index (χ1v) is 7.40. The molecule has 100 valence electrons. The average molecular weight is 267 g/mol. The minimum absolute atomic E-state index is 0.373. The van der Waals surface area contributed by atoms with E-state index in [1.165, 1.54) is 19.3 Å². The molecule has 1 aromatic carbocycles. The van der Waals surface area contributed by atoms with Gasteiger partial charge in [-0.2, -0.15) is 0 Å². The number of aliphatic hydroxyl groups is 1. The Morgan fingerprint density at radius 3 is 2.56 bits per heavy atom. The van der Waals surface area contributed by atoms with Crippen LogP contribution in [0.15, 0.2) is 24.3 Å². The summed E-state index contributed by atoms with van der Waals surface area (Å²) in [4.78, 5) is 0. The zero-order valence-corrected chi connectivity index (χ0v) is 12.1. The van der Waals surface area contributed by atoms with Gasteiger partial charge in [0.25, 0.3) is 0 Å². The van der Waals surface area contributed by atoms with Gasteiger partial charge in [-0.3, -0.25) is 0 Å². The smallest absolute Gasteiger partial charge is 0.0896 e. The number of halogens is 1. The van der Waals surface area contributed by atoms with Crippen LogP contribution in [0.2, 0.25) is 5.02 Å². The quantitative estimate of drug-likeness (QED) is 0.836. The fourth-order valence-corrected chi connectivity index (χ4v) is 3.32. The number of benzene rings is 1. The van der Waals surface area contributed by atoms with Crippen LogP contribution in [0.25, 0.3) is 0 Å². The summed E-state index contributed by atoms with van der Waals surface area (Å²) < 4.78 is 0. The lowest BCUT2D eigenvalue weighted by Crippen LogP contribution is -2.35. The first kappa shape index (κ1) is 13.9. The molecule has 0 spiro atoms. The molecule has 0 aliphatic heterocycles. The van der Waals surface area contributed by atoms with Crippen LogP contribution >= 0.6 is 11.6 Å². The molecule has 2 rings (SSSR count). The number of hydrogen-bond donors (Lipinski definition) is 1. The maximum Gasteiger partial charge on any atom is 0.0896 e. The Morgan fingerprint density at radius 2 is 1.94 bits per heavy atom. The molecule has 0 saturated heterocycles. The molecule has 0 bridgehead atoms. The lowest BCUT2D eigenvalue weighted by atomic mass is 9.70. The zero-order valence-electron chi connectivity index (χ0n) is 11.3. The van der Waals surface area contributed by atoms with E-state index in [0.29, 0.717) is 5.92 Å². The third-order valence-electron chi connectivity index (χ3n) is 4.58. The minimum Gasteiger partial charge on any atom is -0.385 e. The van der Waals surface area contributed by atoms with E-state index in [2.05, 4.69) is 6.92 Å². The summed E-state index contributed by atoms with van der Waals surface area (Å²) in [5.74, 6) is 1.15. The minimum atomic E-state index is -0.724. The van der Waals surface area contributed by atoms with Gasteiger partial charge >= 0.3 is 0 Å². The Balaban J connectivity index is 2.16. The molecule has 0 radical (unpaired) electrons. The normalized spacial score (nSPS) is 27.8. The molecule has 0 aromatic heterocycles. The first-order chi connectivity index (χ1) is 8.54. The molecular weight excluding hydrogens is 244 g/mol. The van der Waals surface area contributed by atoms with Gasteiger partial charge < -0.3 is 5.11 Å². The van der Waals surface area contributed by atoms with Gasteiger partial charge in [-0.15, -0.1) is 0 Å². The molecule has 1 fully saturated rings. The van der Waals surface area contributed by atoms with E-state index in [9.17, 15) is 5.11 Å². The van der Waals surface area contributed by atoms with Crippen molar-refractivity contribution in [3.05, 3.63) is 34.9 Å². The van der Waals surface area contributed by atoms with Crippen molar-refractivity contribution in [2.75, 3.05) is 0 Å². The molecule has 1 N–H and O–H groups in total. The maximum atomic E-state index is 10.9. The van der Waals surface area contributed by atoms with E-state index in [0.717, 1.165) is 29.3 Å². The Morgan fingerprint density at radius 1 is 1.28 bits per heavy atom. The Labute approximate surface area is 115 Å². The summed E-state index contributed by atoms with van der Waals surface area (Å²) >= 11 is 5.91. The highest BCUT2D eigenvalue weighted by atomic mass is 35.5. The van der Waals surface area contributed by atoms with E-state index < -0.39 is 5.60 Å². The van der Waals surface area contributed by atoms with Crippen LogP contribution in [0, 0.1) is 11.8 Å². The van der Waals surface area contributed by atoms with Gasteiger partial charge in [0.2, 0.25) is 0 Å². The molecule has 2 heteroatoms. The molecule has 3 unspecified atom stereocenters. The average Bonchev–Trinajstić information content (AvgIpc) is 2.39. The van der Waals surface area contributed by atoms with Gasteiger partial charge in [0, 0.05) is 5.02 Å². The summed E-state index contributed by atoms with van der Waals surface area (Å²) in [6, 6.07) is 7.65. The predicted molar refractivity (Wildman–Crippen MR) is 76.8 cm³/mol. The van der Waals surface area contributed by atoms with Gasteiger partial charge in [-0.1, -0.05) is 49.9 Å². The topological polar surface area (TPSA) is 20.2 Å². The highest BCUT2D eigenvalue weighted by Crippen LogP contribution is 2.42. The largest absolute Gasteiger partial charge is 0.385 e. The van der Waals surface area contributed by atoms with E-state index in [4.69, 9.17) is 11.6 Å². The lowest BCUT2D eigenvalue weighted by Gasteiger charge is -2.39. The van der Waals surface area contributed by atoms with E-state index in [-0.39, 0.29) is 0 Å². The SMILES string of the molecule is CCC1CCCC(C(C)(O)c2ccc(Cl)cc2)C1. The van der Waals surface area contributed by atoms with Crippen LogP contribution in [0.1, 0.15) is 51.5 Å². The van der Waals surface area contributed by atoms with Crippen LogP contribution in [0.5, 0.6) is 0 Å². The van der Waals surface area contributed by atoms with Crippen molar-refractivity contribution in [3.8, 4) is 0 Å². The second kappa shape index (κ2) is 5.63. The first-order valence-electron chi connectivity index (χ1n) is 7.02.